The molecule has 0 atom stereocenters. The van der Waals surface area contributed by atoms with E-state index in [4.69, 9.17) is 0 Å². The van der Waals surface area contributed by atoms with Gasteiger partial charge in [-0.3, -0.25) is 0 Å². The predicted octanol–water partition coefficient (Wildman–Crippen LogP) is 0.855. The monoisotopic (exact) mass is 875 g/mol. The zero-order valence-corrected chi connectivity index (χ0v) is 33.9. The maximum absolute atomic E-state index is 3.96. The third-order valence-electron chi connectivity index (χ3n) is 8.30. The zero-order chi connectivity index (χ0) is 30.4. The Kier molecular flexibility index (Phi) is 10.3. The van der Waals surface area contributed by atoms with Crippen molar-refractivity contribution < 1.29 is 24.0 Å². The second kappa shape index (κ2) is 12.4. The average molecular weight is 875 g/mol. The molecule has 0 radical (unpaired) electrons. The molecule has 0 aromatic heterocycles. The van der Waals surface area contributed by atoms with Crippen molar-refractivity contribution in [2.75, 3.05) is 84.6 Å². The third-order valence-corrected chi connectivity index (χ3v) is 26.9. The summed E-state index contributed by atoms with van der Waals surface area (Å²) in [6, 6.07) is 38.3. The van der Waals surface area contributed by atoms with E-state index in [1.807, 2.05) is 0 Å². The molecule has 0 unspecified atom stereocenters. The van der Waals surface area contributed by atoms with E-state index < -0.39 is 21.2 Å². The normalized spacial score (nSPS) is 13.0. The number of rotatable bonds is 8. The quantitative estimate of drug-likeness (QED) is 0.140. The molecule has 4 nitrogen and oxygen atoms in total. The fraction of sp³-hybridized carbons (Fsp3) is 0.333. The number of nitrogens with zero attached hydrogens (tertiary/aromatic N) is 4. The van der Waals surface area contributed by atoms with E-state index in [-0.39, 0.29) is 24.0 Å². The van der Waals surface area contributed by atoms with Gasteiger partial charge in [-0.2, -0.15) is 0 Å². The predicted molar refractivity (Wildman–Crippen MR) is 188 cm³/mol. The first-order chi connectivity index (χ1) is 18.8. The smallest absolute Gasteiger partial charge is 1.00 e. The molecule has 0 saturated heterocycles. The molecule has 0 aliphatic carbocycles. The molecule has 0 fully saturated rings. The molecule has 42 heavy (non-hydrogen) atoms. The Labute approximate surface area is 277 Å². The van der Waals surface area contributed by atoms with E-state index in [2.05, 4.69) is 182 Å². The number of hydrogen-bond donors (Lipinski definition) is 0. The first kappa shape index (κ1) is 34.9. The summed E-state index contributed by atoms with van der Waals surface area (Å²) in [6.07, 6.45) is 0. The van der Waals surface area contributed by atoms with E-state index >= 15 is 0 Å². The summed E-state index contributed by atoms with van der Waals surface area (Å²) >= 11 is -3.96. The first-order valence-corrected chi connectivity index (χ1v) is 22.3. The fourth-order valence-corrected chi connectivity index (χ4v) is 23.8. The molecular formula is C36H52IN4Pb+3. The van der Waals surface area contributed by atoms with Crippen LogP contribution in [0.25, 0.3) is 0 Å². The SMILES string of the molecule is C[N+](C)(C)c1cc[c]([Pb]([c]2ccc([N+](C)(C)C)cc2)([c]2ccc([N+](C)(C)C)cc2)[c]2ccc([N+](C)(C)C)cc2)cc1.[I-]. The summed E-state index contributed by atoms with van der Waals surface area (Å²) in [6.45, 7) is 0. The molecule has 4 rings (SSSR count). The molecule has 0 heterocycles. The van der Waals surface area contributed by atoms with Crippen LogP contribution in [0.15, 0.2) is 97.1 Å². The van der Waals surface area contributed by atoms with Crippen molar-refractivity contribution in [1.29, 1.82) is 0 Å². The van der Waals surface area contributed by atoms with Gasteiger partial charge in [0.05, 0.1) is 0 Å². The van der Waals surface area contributed by atoms with Gasteiger partial charge in [0.15, 0.2) is 0 Å². The number of quaternary nitrogens is 4. The molecule has 0 spiro atoms. The summed E-state index contributed by atoms with van der Waals surface area (Å²) < 4.78 is 9.18. The van der Waals surface area contributed by atoms with Crippen molar-refractivity contribution in [2.45, 2.75) is 0 Å². The van der Waals surface area contributed by atoms with E-state index in [9.17, 15) is 0 Å². The molecule has 0 N–H and O–H groups in total. The second-order valence-electron chi connectivity index (χ2n) is 15.0. The molecule has 0 aliphatic rings. The minimum atomic E-state index is -3.96. The first-order valence-electron chi connectivity index (χ1n) is 14.5. The van der Waals surface area contributed by atoms with Crippen molar-refractivity contribution in [3.63, 3.8) is 0 Å². The van der Waals surface area contributed by atoms with Crippen molar-refractivity contribution in [3.8, 4) is 0 Å². The third kappa shape index (κ3) is 7.18. The topological polar surface area (TPSA) is 0 Å². The summed E-state index contributed by atoms with van der Waals surface area (Å²) in [5.41, 5.74) is 5.27. The molecule has 224 valence electrons. The largest absolute Gasteiger partial charge is 1.00 e. The van der Waals surface area contributed by atoms with Crippen molar-refractivity contribution in [1.82, 2.24) is 17.9 Å². The van der Waals surface area contributed by atoms with Gasteiger partial charge < -0.3 is 24.0 Å². The maximum atomic E-state index is 2.44. The van der Waals surface area contributed by atoms with E-state index in [1.165, 1.54) is 35.2 Å². The summed E-state index contributed by atoms with van der Waals surface area (Å²) in [5, 5.41) is 0. The van der Waals surface area contributed by atoms with Gasteiger partial charge >= 0.3 is 256 Å². The van der Waals surface area contributed by atoms with Crippen LogP contribution in [0.3, 0.4) is 0 Å². The summed E-state index contributed by atoms with van der Waals surface area (Å²) in [4.78, 5) is 0. The van der Waals surface area contributed by atoms with Crippen LogP contribution < -0.4 is 54.4 Å². The van der Waals surface area contributed by atoms with Crippen LogP contribution in [-0.4, -0.2) is 106 Å². The number of hydrogen-bond acceptors (Lipinski definition) is 0. The Bertz CT molecular complexity index is 1230. The van der Waals surface area contributed by atoms with Crippen LogP contribution in [-0.2, 0) is 0 Å². The van der Waals surface area contributed by atoms with Gasteiger partial charge in [-0.1, -0.05) is 0 Å². The van der Waals surface area contributed by atoms with Crippen molar-refractivity contribution in [3.05, 3.63) is 97.1 Å². The fourth-order valence-electron chi connectivity index (χ4n) is 5.63. The summed E-state index contributed by atoms with van der Waals surface area (Å²) in [5.74, 6) is 0. The molecule has 0 bridgehead atoms. The van der Waals surface area contributed by atoms with Gasteiger partial charge in [0.2, 0.25) is 0 Å². The minimum absolute atomic E-state index is 0. The number of benzene rings is 4. The molecule has 0 aliphatic heterocycles. The molecule has 4 aromatic rings. The Hall–Kier alpha value is -1.63. The Morgan fingerprint density at radius 3 is 0.548 bits per heavy atom. The molecular weight excluding hydrogens is 823 g/mol. The van der Waals surface area contributed by atoms with Crippen molar-refractivity contribution >= 4 is 56.4 Å². The maximum Gasteiger partial charge on any atom is -1.00 e. The second-order valence-corrected chi connectivity index (χ2v) is 29.8. The van der Waals surface area contributed by atoms with E-state index in [0.29, 0.717) is 0 Å². The Balaban J connectivity index is 0.00000484. The van der Waals surface area contributed by atoms with Crippen LogP contribution in [0.1, 0.15) is 0 Å². The van der Waals surface area contributed by atoms with Crippen LogP contribution >= 0.6 is 0 Å². The van der Waals surface area contributed by atoms with Gasteiger partial charge in [-0.15, -0.1) is 0 Å². The van der Waals surface area contributed by atoms with Crippen LogP contribution in [0.2, 0.25) is 0 Å². The standard InChI is InChI=1S/4C9H13N.HI.Pb/c4*1-10(2,3)9-7-5-4-6-8-9;;/h4*5-8H,1-3H3;1H;/q4*+1;;/p-1. The molecule has 0 saturated carbocycles. The van der Waals surface area contributed by atoms with Crippen LogP contribution in [0.5, 0.6) is 0 Å². The minimum Gasteiger partial charge on any atom is -1.00 e. The van der Waals surface area contributed by atoms with E-state index in [1.54, 1.807) is 0 Å². The van der Waals surface area contributed by atoms with Gasteiger partial charge in [0.1, 0.15) is 0 Å². The van der Waals surface area contributed by atoms with Crippen molar-refractivity contribution in [2.24, 2.45) is 0 Å². The van der Waals surface area contributed by atoms with Gasteiger partial charge in [0, 0.05) is 0 Å². The molecule has 0 amide bonds. The Morgan fingerprint density at radius 2 is 0.429 bits per heavy atom. The van der Waals surface area contributed by atoms with Gasteiger partial charge in [0.25, 0.3) is 0 Å². The van der Waals surface area contributed by atoms with Gasteiger partial charge in [-0.25, -0.2) is 0 Å². The average Bonchev–Trinajstić information content (AvgIpc) is 2.88. The molecule has 4 aromatic carbocycles. The number of halogens is 1. The zero-order valence-electron chi connectivity index (χ0n) is 27.9. The summed E-state index contributed by atoms with van der Waals surface area (Å²) in [7, 11) is 26.9. The van der Waals surface area contributed by atoms with Crippen LogP contribution in [0.4, 0.5) is 22.7 Å². The Morgan fingerprint density at radius 1 is 0.286 bits per heavy atom. The van der Waals surface area contributed by atoms with Gasteiger partial charge in [-0.05, 0) is 0 Å². The van der Waals surface area contributed by atoms with Crippen LogP contribution in [0, 0.1) is 0 Å². The molecule has 6 heteroatoms. The van der Waals surface area contributed by atoms with E-state index in [0.717, 1.165) is 17.9 Å².